The molecule has 0 atom stereocenters. The van der Waals surface area contributed by atoms with E-state index in [0.717, 1.165) is 27.8 Å². The average Bonchev–Trinajstić information content (AvgIpc) is 2.64. The Hall–Kier alpha value is -2.68. The molecule has 0 radical (unpaired) electrons. The molecule has 0 saturated carbocycles. The molecule has 0 fully saturated rings. The number of thioether (sulfide) groups is 1. The summed E-state index contributed by atoms with van der Waals surface area (Å²) in [4.78, 5) is 31.1. The highest BCUT2D eigenvalue weighted by atomic mass is 32.2. The first kappa shape index (κ1) is 20.6. The van der Waals surface area contributed by atoms with Gasteiger partial charge < -0.3 is 10.6 Å². The molecule has 2 aromatic rings. The molecule has 8 nitrogen and oxygen atoms in total. The lowest BCUT2D eigenvalue weighted by Gasteiger charge is -2.11. The van der Waals surface area contributed by atoms with Crippen LogP contribution in [0.2, 0.25) is 0 Å². The van der Waals surface area contributed by atoms with E-state index in [-0.39, 0.29) is 11.6 Å². The third kappa shape index (κ3) is 6.21. The van der Waals surface area contributed by atoms with Crippen molar-refractivity contribution in [2.75, 3.05) is 24.7 Å². The van der Waals surface area contributed by atoms with Gasteiger partial charge in [0.25, 0.3) is 5.69 Å². The van der Waals surface area contributed by atoms with Crippen molar-refractivity contribution in [3.8, 4) is 0 Å². The van der Waals surface area contributed by atoms with Crippen molar-refractivity contribution >= 4 is 29.0 Å². The van der Waals surface area contributed by atoms with E-state index < -0.39 is 4.92 Å². The molecule has 2 rings (SSSR count). The molecule has 144 valence electrons. The number of nitro groups is 1. The number of aryl methyl sites for hydroxylation is 2. The number of non-ortho nitro benzene ring substituents is 1. The van der Waals surface area contributed by atoms with Gasteiger partial charge in [-0.25, -0.2) is 9.97 Å². The minimum absolute atomic E-state index is 0.0340. The molecule has 0 aliphatic heterocycles. The number of carbonyl (C=O) groups is 1. The highest BCUT2D eigenvalue weighted by Crippen LogP contribution is 2.17. The number of hydrogen-bond donors (Lipinski definition) is 2. The van der Waals surface area contributed by atoms with Crippen molar-refractivity contribution < 1.29 is 9.72 Å². The second-order valence-corrected chi connectivity index (χ2v) is 6.71. The van der Waals surface area contributed by atoms with Gasteiger partial charge in [0.05, 0.1) is 4.92 Å². The van der Waals surface area contributed by atoms with Crippen LogP contribution in [0.25, 0.3) is 0 Å². The predicted octanol–water partition coefficient (Wildman–Crippen LogP) is 2.88. The molecular weight excluding hydrogens is 366 g/mol. The Morgan fingerprint density at radius 1 is 1.15 bits per heavy atom. The fourth-order valence-electron chi connectivity index (χ4n) is 2.60. The van der Waals surface area contributed by atoms with Crippen molar-refractivity contribution in [1.29, 1.82) is 0 Å². The minimum atomic E-state index is -0.437. The molecule has 9 heteroatoms. The van der Waals surface area contributed by atoms with Crippen LogP contribution in [-0.4, -0.2) is 40.1 Å². The highest BCUT2D eigenvalue weighted by molar-refractivity contribution is 7.98. The lowest BCUT2D eigenvalue weighted by atomic mass is 10.1. The van der Waals surface area contributed by atoms with Crippen molar-refractivity contribution in [3.63, 3.8) is 0 Å². The number of nitro benzene ring substituents is 1. The van der Waals surface area contributed by atoms with Gasteiger partial charge in [0.2, 0.25) is 5.91 Å². The average molecular weight is 389 g/mol. The van der Waals surface area contributed by atoms with E-state index in [0.29, 0.717) is 25.9 Å². The Morgan fingerprint density at radius 2 is 1.78 bits per heavy atom. The first-order valence-corrected chi connectivity index (χ1v) is 9.76. The maximum absolute atomic E-state index is 12.0. The summed E-state index contributed by atoms with van der Waals surface area (Å²) in [6.07, 6.45) is 2.92. The number of carbonyl (C=O) groups excluding carboxylic acids is 1. The molecule has 0 aliphatic carbocycles. The molecule has 0 aliphatic rings. The number of anilines is 1. The van der Waals surface area contributed by atoms with Crippen LogP contribution in [0.4, 0.5) is 11.4 Å². The van der Waals surface area contributed by atoms with Crippen LogP contribution in [0.5, 0.6) is 0 Å². The van der Waals surface area contributed by atoms with Gasteiger partial charge in [-0.15, -0.1) is 0 Å². The minimum Gasteiger partial charge on any atom is -0.383 e. The summed E-state index contributed by atoms with van der Waals surface area (Å²) in [6, 6.07) is 6.17. The third-order valence-electron chi connectivity index (χ3n) is 4.04. The Bertz CT molecular complexity index is 788. The molecule has 1 aromatic carbocycles. The van der Waals surface area contributed by atoms with E-state index in [1.54, 1.807) is 12.1 Å². The van der Waals surface area contributed by atoms with Crippen LogP contribution in [0.15, 0.2) is 29.4 Å². The zero-order valence-corrected chi connectivity index (χ0v) is 16.4. The van der Waals surface area contributed by atoms with Crippen molar-refractivity contribution in [1.82, 2.24) is 15.3 Å². The van der Waals surface area contributed by atoms with Gasteiger partial charge in [-0.1, -0.05) is 11.8 Å². The number of rotatable bonds is 9. The molecule has 1 amide bonds. The van der Waals surface area contributed by atoms with Gasteiger partial charge in [0.1, 0.15) is 0 Å². The number of nitrogens with one attached hydrogen (secondary N) is 2. The smallest absolute Gasteiger partial charge is 0.269 e. The molecular formula is C18H23N5O3S. The van der Waals surface area contributed by atoms with Gasteiger partial charge in [-0.3, -0.25) is 14.9 Å². The molecule has 1 heterocycles. The molecule has 2 N–H and O–H groups in total. The van der Waals surface area contributed by atoms with Crippen LogP contribution < -0.4 is 10.6 Å². The predicted molar refractivity (Wildman–Crippen MR) is 106 cm³/mol. The molecule has 0 bridgehead atoms. The van der Waals surface area contributed by atoms with Crippen molar-refractivity contribution in [2.45, 2.75) is 31.8 Å². The first-order chi connectivity index (χ1) is 12.9. The Kier molecular flexibility index (Phi) is 7.54. The topological polar surface area (TPSA) is 110 Å². The molecule has 0 unspecified atom stereocenters. The lowest BCUT2D eigenvalue weighted by molar-refractivity contribution is -0.384. The van der Waals surface area contributed by atoms with Crippen LogP contribution in [0.3, 0.4) is 0 Å². The van der Waals surface area contributed by atoms with Crippen LogP contribution in [-0.2, 0) is 11.2 Å². The summed E-state index contributed by atoms with van der Waals surface area (Å²) in [6.45, 7) is 4.88. The monoisotopic (exact) mass is 389 g/mol. The summed E-state index contributed by atoms with van der Waals surface area (Å²) in [5.41, 5.74) is 3.67. The second kappa shape index (κ2) is 9.86. The Morgan fingerprint density at radius 3 is 2.33 bits per heavy atom. The van der Waals surface area contributed by atoms with Gasteiger partial charge in [-0.2, -0.15) is 0 Å². The van der Waals surface area contributed by atoms with Crippen LogP contribution >= 0.6 is 11.8 Å². The second-order valence-electron chi connectivity index (χ2n) is 5.94. The fourth-order valence-corrected chi connectivity index (χ4v) is 3.05. The zero-order valence-electron chi connectivity index (χ0n) is 15.6. The highest BCUT2D eigenvalue weighted by Gasteiger charge is 2.10. The number of aromatic nitrogens is 2. The summed E-state index contributed by atoms with van der Waals surface area (Å²) < 4.78 is 0. The summed E-state index contributed by atoms with van der Waals surface area (Å²) in [7, 11) is 0. The van der Waals surface area contributed by atoms with E-state index in [4.69, 9.17) is 0 Å². The van der Waals surface area contributed by atoms with E-state index in [2.05, 4.69) is 20.6 Å². The Labute approximate surface area is 162 Å². The maximum Gasteiger partial charge on any atom is 0.269 e. The zero-order chi connectivity index (χ0) is 19.8. The molecule has 1 aromatic heterocycles. The SMILES string of the molecule is CSc1nc(C)c(CCC(=O)NCCNc2ccc([N+](=O)[O-])cc2)c(C)n1. The first-order valence-electron chi connectivity index (χ1n) is 8.54. The summed E-state index contributed by atoms with van der Waals surface area (Å²) in [5, 5.41) is 17.3. The van der Waals surface area contributed by atoms with Crippen LogP contribution in [0, 0.1) is 24.0 Å². The normalized spacial score (nSPS) is 10.5. The lowest BCUT2D eigenvalue weighted by Crippen LogP contribution is -2.29. The summed E-state index contributed by atoms with van der Waals surface area (Å²) >= 11 is 1.50. The van der Waals surface area contributed by atoms with Gasteiger partial charge in [-0.05, 0) is 44.2 Å². The molecule has 27 heavy (non-hydrogen) atoms. The van der Waals surface area contributed by atoms with E-state index >= 15 is 0 Å². The summed E-state index contributed by atoms with van der Waals surface area (Å²) in [5.74, 6) is -0.0340. The van der Waals surface area contributed by atoms with Gasteiger partial charge in [0, 0.05) is 48.7 Å². The van der Waals surface area contributed by atoms with E-state index in [1.807, 2.05) is 20.1 Å². The van der Waals surface area contributed by atoms with Gasteiger partial charge in [0.15, 0.2) is 5.16 Å². The quantitative estimate of drug-likeness (QED) is 0.223. The third-order valence-corrected chi connectivity index (χ3v) is 4.59. The van der Waals surface area contributed by atoms with E-state index in [9.17, 15) is 14.9 Å². The van der Waals surface area contributed by atoms with E-state index in [1.165, 1.54) is 23.9 Å². The number of hydrogen-bond acceptors (Lipinski definition) is 7. The number of amides is 1. The largest absolute Gasteiger partial charge is 0.383 e. The Balaban J connectivity index is 1.73. The van der Waals surface area contributed by atoms with Crippen molar-refractivity contribution in [3.05, 3.63) is 51.3 Å². The maximum atomic E-state index is 12.0. The fraction of sp³-hybridized carbons (Fsp3) is 0.389. The van der Waals surface area contributed by atoms with Crippen molar-refractivity contribution in [2.24, 2.45) is 0 Å². The van der Waals surface area contributed by atoms with Crippen LogP contribution in [0.1, 0.15) is 23.4 Å². The molecule has 0 saturated heterocycles. The standard InChI is InChI=1S/C18H23N5O3S/c1-12-16(13(2)22-18(21-12)27-3)8-9-17(24)20-11-10-19-14-4-6-15(7-5-14)23(25)26/h4-7,19H,8-11H2,1-3H3,(H,20,24). The van der Waals surface area contributed by atoms with Gasteiger partial charge >= 0.3 is 0 Å². The molecule has 0 spiro atoms. The number of benzene rings is 1. The number of nitrogens with zero attached hydrogens (tertiary/aromatic N) is 3.